The fourth-order valence-electron chi connectivity index (χ4n) is 0.840. The van der Waals surface area contributed by atoms with E-state index in [1.54, 1.807) is 18.9 Å². The smallest absolute Gasteiger partial charge is 0.0709 e. The van der Waals surface area contributed by atoms with Gasteiger partial charge in [-0.1, -0.05) is 13.0 Å². The Labute approximate surface area is 65.8 Å². The number of aliphatic hydroxyl groups is 1. The van der Waals surface area contributed by atoms with E-state index in [2.05, 4.69) is 17.7 Å². The van der Waals surface area contributed by atoms with Crippen LogP contribution in [0.4, 0.5) is 0 Å². The van der Waals surface area contributed by atoms with Crippen molar-refractivity contribution >= 4 is 11.9 Å². The molecule has 0 aliphatic carbocycles. The summed E-state index contributed by atoms with van der Waals surface area (Å²) < 4.78 is 3.13. The third kappa shape index (κ3) is 1.75. The molecule has 0 fully saturated rings. The highest BCUT2D eigenvalue weighted by Crippen LogP contribution is 2.24. The van der Waals surface area contributed by atoms with Crippen LogP contribution in [0.3, 0.4) is 0 Å². The molecule has 0 radical (unpaired) electrons. The van der Waals surface area contributed by atoms with E-state index < -0.39 is 0 Å². The van der Waals surface area contributed by atoms with E-state index in [0.717, 1.165) is 6.42 Å². The predicted octanol–water partition coefficient (Wildman–Crippen LogP) is 1.28. The summed E-state index contributed by atoms with van der Waals surface area (Å²) in [5.74, 6) is 0. The van der Waals surface area contributed by atoms with Gasteiger partial charge >= 0.3 is 0 Å². The van der Waals surface area contributed by atoms with Gasteiger partial charge in [-0.25, -0.2) is 0 Å². The van der Waals surface area contributed by atoms with Crippen molar-refractivity contribution in [2.75, 3.05) is 0 Å². The quantitative estimate of drug-likeness (QED) is 0.595. The maximum absolute atomic E-state index is 9.15. The van der Waals surface area contributed by atoms with Gasteiger partial charge in [0.25, 0.3) is 0 Å². The molecule has 2 unspecified atom stereocenters. The molecule has 3 heteroatoms. The lowest BCUT2D eigenvalue weighted by molar-refractivity contribution is 0.176. The van der Waals surface area contributed by atoms with Crippen molar-refractivity contribution in [1.82, 2.24) is 4.72 Å². The number of aliphatic hydroxyl groups excluding tert-OH is 1. The van der Waals surface area contributed by atoms with Crippen molar-refractivity contribution in [3.8, 4) is 0 Å². The molecule has 1 rings (SSSR count). The van der Waals surface area contributed by atoms with Gasteiger partial charge < -0.3 is 5.11 Å². The number of rotatable bonds is 2. The second-order valence-corrected chi connectivity index (χ2v) is 3.44. The Morgan fingerprint density at radius 3 is 2.90 bits per heavy atom. The highest BCUT2D eigenvalue weighted by Gasteiger charge is 2.18. The highest BCUT2D eigenvalue weighted by molar-refractivity contribution is 8.01. The fraction of sp³-hybridized carbons (Fsp3) is 0.714. The monoisotopic (exact) mass is 159 g/mol. The molecule has 0 aromatic rings. The van der Waals surface area contributed by atoms with Gasteiger partial charge in [0.05, 0.1) is 12.1 Å². The van der Waals surface area contributed by atoms with Gasteiger partial charge in [0, 0.05) is 0 Å². The standard InChI is InChI=1S/C7H13NOS/c1-3-6-4-7(5(2)9)8-10-6/h4-5,7-9H,3H2,1-2H3. The molecule has 0 saturated heterocycles. The van der Waals surface area contributed by atoms with Crippen LogP contribution in [0.1, 0.15) is 20.3 Å². The van der Waals surface area contributed by atoms with Crippen LogP contribution in [-0.2, 0) is 0 Å². The molecule has 0 amide bonds. The van der Waals surface area contributed by atoms with E-state index in [4.69, 9.17) is 5.11 Å². The molecule has 1 aliphatic heterocycles. The van der Waals surface area contributed by atoms with Crippen molar-refractivity contribution in [3.05, 3.63) is 11.0 Å². The second-order valence-electron chi connectivity index (χ2n) is 2.47. The lowest BCUT2D eigenvalue weighted by Gasteiger charge is -2.09. The summed E-state index contributed by atoms with van der Waals surface area (Å²) in [6, 6.07) is 0.153. The number of nitrogens with one attached hydrogen (secondary N) is 1. The largest absolute Gasteiger partial charge is 0.391 e. The Morgan fingerprint density at radius 1 is 1.90 bits per heavy atom. The number of hydrogen-bond acceptors (Lipinski definition) is 3. The zero-order valence-electron chi connectivity index (χ0n) is 6.29. The second kappa shape index (κ2) is 3.42. The maximum Gasteiger partial charge on any atom is 0.0709 e. The average Bonchev–Trinajstić information content (AvgIpc) is 2.34. The van der Waals surface area contributed by atoms with Crippen LogP contribution in [-0.4, -0.2) is 17.3 Å². The van der Waals surface area contributed by atoms with Crippen LogP contribution >= 0.6 is 11.9 Å². The lowest BCUT2D eigenvalue weighted by atomic mass is 10.2. The summed E-state index contributed by atoms with van der Waals surface area (Å²) in [5, 5.41) is 9.15. The summed E-state index contributed by atoms with van der Waals surface area (Å²) >= 11 is 1.63. The van der Waals surface area contributed by atoms with Gasteiger partial charge in [0.1, 0.15) is 0 Å². The summed E-state index contributed by atoms with van der Waals surface area (Å²) in [4.78, 5) is 1.32. The maximum atomic E-state index is 9.15. The minimum Gasteiger partial charge on any atom is -0.391 e. The van der Waals surface area contributed by atoms with E-state index in [1.165, 1.54) is 4.91 Å². The minimum absolute atomic E-state index is 0.153. The van der Waals surface area contributed by atoms with Crippen LogP contribution in [0, 0.1) is 0 Å². The van der Waals surface area contributed by atoms with E-state index in [-0.39, 0.29) is 12.1 Å². The van der Waals surface area contributed by atoms with Crippen LogP contribution in [0.15, 0.2) is 11.0 Å². The molecule has 58 valence electrons. The van der Waals surface area contributed by atoms with E-state index >= 15 is 0 Å². The fourth-order valence-corrected chi connectivity index (χ4v) is 1.75. The van der Waals surface area contributed by atoms with Crippen LogP contribution in [0.2, 0.25) is 0 Å². The molecule has 10 heavy (non-hydrogen) atoms. The first kappa shape index (κ1) is 8.11. The van der Waals surface area contributed by atoms with E-state index in [9.17, 15) is 0 Å². The van der Waals surface area contributed by atoms with Crippen molar-refractivity contribution in [1.29, 1.82) is 0 Å². The molecule has 2 atom stereocenters. The van der Waals surface area contributed by atoms with Crippen molar-refractivity contribution in [2.45, 2.75) is 32.4 Å². The third-order valence-electron chi connectivity index (χ3n) is 1.56. The molecule has 2 N–H and O–H groups in total. The van der Waals surface area contributed by atoms with Gasteiger partial charge in [-0.3, -0.25) is 4.72 Å². The molecule has 2 nitrogen and oxygen atoms in total. The van der Waals surface area contributed by atoms with Crippen LogP contribution in [0.5, 0.6) is 0 Å². The molecular weight excluding hydrogens is 146 g/mol. The Kier molecular flexibility index (Phi) is 2.77. The zero-order valence-corrected chi connectivity index (χ0v) is 7.11. The molecule has 0 saturated carbocycles. The summed E-state index contributed by atoms with van der Waals surface area (Å²) in [6.45, 7) is 3.91. The molecule has 0 spiro atoms. The lowest BCUT2D eigenvalue weighted by Crippen LogP contribution is -2.28. The van der Waals surface area contributed by atoms with E-state index in [1.807, 2.05) is 0 Å². The average molecular weight is 159 g/mol. The van der Waals surface area contributed by atoms with Gasteiger partial charge in [0.2, 0.25) is 0 Å². The van der Waals surface area contributed by atoms with Gasteiger partial charge in [-0.05, 0) is 30.2 Å². The molecule has 0 bridgehead atoms. The molecular formula is C7H13NOS. The first-order valence-corrected chi connectivity index (χ1v) is 4.36. The first-order chi connectivity index (χ1) is 4.74. The normalized spacial score (nSPS) is 28.3. The summed E-state index contributed by atoms with van der Waals surface area (Å²) in [6.07, 6.45) is 2.87. The van der Waals surface area contributed by atoms with Crippen molar-refractivity contribution in [3.63, 3.8) is 0 Å². The number of hydrogen-bond donors (Lipinski definition) is 2. The molecule has 1 heterocycles. The minimum atomic E-state index is -0.281. The van der Waals surface area contributed by atoms with Crippen molar-refractivity contribution in [2.24, 2.45) is 0 Å². The molecule has 0 aromatic heterocycles. The van der Waals surface area contributed by atoms with Crippen LogP contribution < -0.4 is 4.72 Å². The van der Waals surface area contributed by atoms with Gasteiger partial charge in [0.15, 0.2) is 0 Å². The van der Waals surface area contributed by atoms with Crippen molar-refractivity contribution < 1.29 is 5.11 Å². The summed E-state index contributed by atoms with van der Waals surface area (Å²) in [7, 11) is 0. The third-order valence-corrected chi connectivity index (χ3v) is 2.64. The van der Waals surface area contributed by atoms with Gasteiger partial charge in [-0.2, -0.15) is 0 Å². The Bertz CT molecular complexity index is 145. The zero-order chi connectivity index (χ0) is 7.56. The Balaban J connectivity index is 2.47. The molecule has 1 aliphatic rings. The number of allylic oxidation sites excluding steroid dienone is 1. The van der Waals surface area contributed by atoms with Gasteiger partial charge in [-0.15, -0.1) is 0 Å². The first-order valence-electron chi connectivity index (χ1n) is 3.55. The summed E-state index contributed by atoms with van der Waals surface area (Å²) in [5.41, 5.74) is 0. The predicted molar refractivity (Wildman–Crippen MR) is 44.6 cm³/mol. The van der Waals surface area contributed by atoms with Crippen LogP contribution in [0.25, 0.3) is 0 Å². The topological polar surface area (TPSA) is 32.3 Å². The SMILES string of the molecule is CCC1=CC(C(C)O)NS1. The molecule has 0 aromatic carbocycles. The van der Waals surface area contributed by atoms with E-state index in [0.29, 0.717) is 0 Å². The Morgan fingerprint density at radius 2 is 2.60 bits per heavy atom. The highest BCUT2D eigenvalue weighted by atomic mass is 32.2. The Hall–Kier alpha value is 0.0100.